The maximum absolute atomic E-state index is 12.2. The number of hydrogen-bond donors (Lipinski definition) is 2. The second-order valence-electron chi connectivity index (χ2n) is 6.48. The second kappa shape index (κ2) is 5.84. The summed E-state index contributed by atoms with van der Waals surface area (Å²) in [7, 11) is 0. The maximum atomic E-state index is 12.2. The van der Waals surface area contributed by atoms with E-state index in [1.54, 1.807) is 4.90 Å². The van der Waals surface area contributed by atoms with Crippen molar-refractivity contribution in [3.8, 4) is 0 Å². The molecule has 0 unspecified atom stereocenters. The van der Waals surface area contributed by atoms with Crippen LogP contribution in [0.5, 0.6) is 0 Å². The van der Waals surface area contributed by atoms with E-state index in [-0.39, 0.29) is 17.3 Å². The molecule has 0 radical (unpaired) electrons. The fourth-order valence-corrected chi connectivity index (χ4v) is 4.18. The van der Waals surface area contributed by atoms with Crippen molar-refractivity contribution in [2.45, 2.75) is 44.3 Å². The lowest BCUT2D eigenvalue weighted by Crippen LogP contribution is -2.52. The van der Waals surface area contributed by atoms with Gasteiger partial charge in [0.05, 0.1) is 5.41 Å². The van der Waals surface area contributed by atoms with Crippen LogP contribution in [0.25, 0.3) is 0 Å². The Morgan fingerprint density at radius 2 is 1.95 bits per heavy atom. The summed E-state index contributed by atoms with van der Waals surface area (Å²) in [6.07, 6.45) is 3.22. The molecule has 1 saturated carbocycles. The molecule has 20 heavy (non-hydrogen) atoms. The molecule has 0 bridgehead atoms. The topological polar surface area (TPSA) is 69.6 Å². The third-order valence-electron chi connectivity index (χ3n) is 4.31. The first kappa shape index (κ1) is 15.5. The van der Waals surface area contributed by atoms with Crippen molar-refractivity contribution in [3.63, 3.8) is 0 Å². The van der Waals surface area contributed by atoms with E-state index in [0.717, 1.165) is 25.1 Å². The Labute approximate surface area is 124 Å². The Hall–Kier alpha value is -0.910. The Morgan fingerprint density at radius 1 is 1.30 bits per heavy atom. The van der Waals surface area contributed by atoms with E-state index in [1.165, 1.54) is 0 Å². The SMILES string of the molecule is CC1(C)CN(C(=O)NCC2(C(=O)O)CCCC2)CCS1. The number of nitrogens with one attached hydrogen (secondary N) is 1. The highest BCUT2D eigenvalue weighted by Crippen LogP contribution is 2.38. The van der Waals surface area contributed by atoms with Crippen molar-refractivity contribution in [1.82, 2.24) is 10.2 Å². The Bertz CT molecular complexity index is 392. The summed E-state index contributed by atoms with van der Waals surface area (Å²) in [5.74, 6) is 0.162. The van der Waals surface area contributed by atoms with Crippen molar-refractivity contribution >= 4 is 23.8 Å². The molecule has 0 aromatic rings. The average molecular weight is 300 g/mol. The summed E-state index contributed by atoms with van der Waals surface area (Å²) in [5.41, 5.74) is -0.740. The fraction of sp³-hybridized carbons (Fsp3) is 0.857. The minimum absolute atomic E-state index is 0.0768. The van der Waals surface area contributed by atoms with Crippen LogP contribution in [0.1, 0.15) is 39.5 Å². The van der Waals surface area contributed by atoms with Gasteiger partial charge in [-0.05, 0) is 26.7 Å². The first-order valence-corrected chi connectivity index (χ1v) is 8.23. The smallest absolute Gasteiger partial charge is 0.317 e. The number of carboxylic acids is 1. The molecule has 5 nitrogen and oxygen atoms in total. The van der Waals surface area contributed by atoms with Crippen molar-refractivity contribution in [1.29, 1.82) is 0 Å². The number of amides is 2. The molecule has 0 aromatic carbocycles. The van der Waals surface area contributed by atoms with Gasteiger partial charge < -0.3 is 15.3 Å². The van der Waals surface area contributed by atoms with Gasteiger partial charge in [-0.3, -0.25) is 4.79 Å². The monoisotopic (exact) mass is 300 g/mol. The zero-order valence-corrected chi connectivity index (χ0v) is 13.1. The largest absolute Gasteiger partial charge is 0.481 e. The molecule has 2 aliphatic rings. The van der Waals surface area contributed by atoms with Gasteiger partial charge in [0.15, 0.2) is 0 Å². The third-order valence-corrected chi connectivity index (χ3v) is 5.60. The van der Waals surface area contributed by atoms with Crippen LogP contribution in [0, 0.1) is 5.41 Å². The summed E-state index contributed by atoms with van der Waals surface area (Å²) in [6.45, 7) is 5.97. The van der Waals surface area contributed by atoms with Crippen LogP contribution in [-0.2, 0) is 4.79 Å². The maximum Gasteiger partial charge on any atom is 0.317 e. The molecule has 6 heteroatoms. The number of rotatable bonds is 3. The van der Waals surface area contributed by atoms with E-state index in [4.69, 9.17) is 0 Å². The van der Waals surface area contributed by atoms with Gasteiger partial charge in [0, 0.05) is 30.1 Å². The minimum Gasteiger partial charge on any atom is -0.481 e. The molecular weight excluding hydrogens is 276 g/mol. The standard InChI is InChI=1S/C14H24N2O3S/c1-13(2)10-16(7-8-20-13)12(19)15-9-14(11(17)18)5-3-4-6-14/h3-10H2,1-2H3,(H,15,19)(H,17,18). The number of thioether (sulfide) groups is 1. The van der Waals surface area contributed by atoms with E-state index in [1.807, 2.05) is 11.8 Å². The molecule has 2 fully saturated rings. The third kappa shape index (κ3) is 3.40. The van der Waals surface area contributed by atoms with E-state index < -0.39 is 11.4 Å². The molecule has 1 aliphatic carbocycles. The molecule has 0 spiro atoms. The van der Waals surface area contributed by atoms with Crippen LogP contribution in [0.3, 0.4) is 0 Å². The van der Waals surface area contributed by atoms with E-state index >= 15 is 0 Å². The summed E-state index contributed by atoms with van der Waals surface area (Å²) in [5, 5.41) is 12.3. The summed E-state index contributed by atoms with van der Waals surface area (Å²) in [4.78, 5) is 25.5. The number of aliphatic carboxylic acids is 1. The van der Waals surface area contributed by atoms with Crippen molar-refractivity contribution in [2.75, 3.05) is 25.4 Å². The second-order valence-corrected chi connectivity index (χ2v) is 8.28. The molecule has 0 aromatic heterocycles. The lowest BCUT2D eigenvalue weighted by molar-refractivity contribution is -0.148. The number of carbonyl (C=O) groups is 2. The van der Waals surface area contributed by atoms with Crippen molar-refractivity contribution in [2.24, 2.45) is 5.41 Å². The average Bonchev–Trinajstić information content (AvgIpc) is 2.85. The highest BCUT2D eigenvalue weighted by Gasteiger charge is 2.42. The van der Waals surface area contributed by atoms with Gasteiger partial charge in [-0.25, -0.2) is 4.79 Å². The van der Waals surface area contributed by atoms with E-state index in [2.05, 4.69) is 19.2 Å². The van der Waals surface area contributed by atoms with Crippen molar-refractivity contribution < 1.29 is 14.7 Å². The van der Waals surface area contributed by atoms with Crippen LogP contribution < -0.4 is 5.32 Å². The quantitative estimate of drug-likeness (QED) is 0.838. The number of carboxylic acid groups (broad SMARTS) is 1. The van der Waals surface area contributed by atoms with Gasteiger partial charge in [0.25, 0.3) is 0 Å². The zero-order chi connectivity index (χ0) is 14.8. The number of hydrogen-bond acceptors (Lipinski definition) is 3. The van der Waals surface area contributed by atoms with Crippen LogP contribution in [0.4, 0.5) is 4.79 Å². The molecule has 2 N–H and O–H groups in total. The number of nitrogens with zero attached hydrogens (tertiary/aromatic N) is 1. The first-order valence-electron chi connectivity index (χ1n) is 7.25. The molecule has 114 valence electrons. The fourth-order valence-electron chi connectivity index (χ4n) is 3.06. The Morgan fingerprint density at radius 3 is 2.50 bits per heavy atom. The predicted molar refractivity (Wildman–Crippen MR) is 80.0 cm³/mol. The highest BCUT2D eigenvalue weighted by molar-refractivity contribution is 8.00. The van der Waals surface area contributed by atoms with Gasteiger partial charge in [0.1, 0.15) is 0 Å². The minimum atomic E-state index is -0.773. The van der Waals surface area contributed by atoms with Crippen LogP contribution >= 0.6 is 11.8 Å². The van der Waals surface area contributed by atoms with Crippen LogP contribution in [0.15, 0.2) is 0 Å². The first-order chi connectivity index (χ1) is 9.35. The molecule has 2 rings (SSSR count). The van der Waals surface area contributed by atoms with Crippen LogP contribution in [-0.4, -0.2) is 52.1 Å². The number of urea groups is 1. The molecule has 1 aliphatic heterocycles. The lowest BCUT2D eigenvalue weighted by Gasteiger charge is -2.38. The molecule has 1 saturated heterocycles. The zero-order valence-electron chi connectivity index (χ0n) is 12.3. The van der Waals surface area contributed by atoms with Gasteiger partial charge in [-0.1, -0.05) is 12.8 Å². The molecular formula is C14H24N2O3S. The summed E-state index contributed by atoms with van der Waals surface area (Å²) < 4.78 is 0.0768. The van der Waals surface area contributed by atoms with Gasteiger partial charge >= 0.3 is 12.0 Å². The van der Waals surface area contributed by atoms with E-state index in [0.29, 0.717) is 19.4 Å². The van der Waals surface area contributed by atoms with Crippen molar-refractivity contribution in [3.05, 3.63) is 0 Å². The predicted octanol–water partition coefficient (Wildman–Crippen LogP) is 2.17. The summed E-state index contributed by atoms with van der Waals surface area (Å²) >= 11 is 1.87. The summed E-state index contributed by atoms with van der Waals surface area (Å²) in [6, 6.07) is -0.120. The van der Waals surface area contributed by atoms with Gasteiger partial charge in [-0.15, -0.1) is 0 Å². The number of carbonyl (C=O) groups excluding carboxylic acids is 1. The molecule has 2 amide bonds. The molecule has 1 heterocycles. The van der Waals surface area contributed by atoms with Crippen LogP contribution in [0.2, 0.25) is 0 Å². The highest BCUT2D eigenvalue weighted by atomic mass is 32.2. The Kier molecular flexibility index (Phi) is 4.52. The normalized spacial score (nSPS) is 24.4. The van der Waals surface area contributed by atoms with Gasteiger partial charge in [-0.2, -0.15) is 11.8 Å². The Balaban J connectivity index is 1.90. The van der Waals surface area contributed by atoms with E-state index in [9.17, 15) is 14.7 Å². The lowest BCUT2D eigenvalue weighted by atomic mass is 9.86. The van der Waals surface area contributed by atoms with Gasteiger partial charge in [0.2, 0.25) is 0 Å². The molecule has 0 atom stereocenters.